The van der Waals surface area contributed by atoms with Crippen LogP contribution < -0.4 is 10.5 Å². The summed E-state index contributed by atoms with van der Waals surface area (Å²) < 4.78 is 26.2. The molecule has 0 aromatic heterocycles. The number of nitrogens with zero attached hydrogens (tertiary/aromatic N) is 1. The third-order valence-electron chi connectivity index (χ3n) is 2.65. The Labute approximate surface area is 112 Å². The molecular weight excluding hydrogens is 266 g/mol. The van der Waals surface area contributed by atoms with Crippen molar-refractivity contribution >= 4 is 10.0 Å². The molecular formula is C12H17N3O3S. The minimum Gasteiger partial charge on any atom is -0.392 e. The van der Waals surface area contributed by atoms with Gasteiger partial charge in [0.1, 0.15) is 0 Å². The Morgan fingerprint density at radius 2 is 2.00 bits per heavy atom. The highest BCUT2D eigenvalue weighted by Gasteiger charge is 2.17. The van der Waals surface area contributed by atoms with Crippen molar-refractivity contribution in [1.82, 2.24) is 4.72 Å². The Hall–Kier alpha value is -1.46. The molecule has 0 saturated carbocycles. The summed E-state index contributed by atoms with van der Waals surface area (Å²) in [6, 6.07) is 7.37. The van der Waals surface area contributed by atoms with Crippen LogP contribution in [0.3, 0.4) is 0 Å². The molecule has 2 atom stereocenters. The third-order valence-corrected chi connectivity index (χ3v) is 4.08. The first-order valence-corrected chi connectivity index (χ1v) is 7.24. The first kappa shape index (κ1) is 15.6. The fraction of sp³-hybridized carbons (Fsp3) is 0.417. The van der Waals surface area contributed by atoms with E-state index in [9.17, 15) is 13.5 Å². The van der Waals surface area contributed by atoms with E-state index in [0.717, 1.165) is 5.56 Å². The van der Waals surface area contributed by atoms with Gasteiger partial charge in [-0.3, -0.25) is 0 Å². The molecule has 6 nitrogen and oxygen atoms in total. The number of nitrogens with two attached hydrogens (primary N) is 1. The largest absolute Gasteiger partial charge is 0.392 e. The molecule has 0 spiro atoms. The van der Waals surface area contributed by atoms with E-state index in [1.807, 2.05) is 6.07 Å². The maximum absolute atomic E-state index is 11.9. The lowest BCUT2D eigenvalue weighted by Gasteiger charge is -2.15. The Balaban J connectivity index is 2.75. The fourth-order valence-electron chi connectivity index (χ4n) is 1.34. The summed E-state index contributed by atoms with van der Waals surface area (Å²) in [5.41, 5.74) is 6.30. The van der Waals surface area contributed by atoms with Gasteiger partial charge in [-0.1, -0.05) is 12.1 Å². The maximum Gasteiger partial charge on any atom is 0.240 e. The number of hydrogen-bond acceptors (Lipinski definition) is 5. The molecule has 2 unspecified atom stereocenters. The lowest BCUT2D eigenvalue weighted by molar-refractivity contribution is 0.164. The van der Waals surface area contributed by atoms with Crippen LogP contribution in [0, 0.1) is 11.3 Å². The summed E-state index contributed by atoms with van der Waals surface area (Å²) in [6.07, 6.45) is -0.554. The van der Waals surface area contributed by atoms with Crippen LogP contribution >= 0.6 is 0 Å². The molecule has 0 amide bonds. The molecule has 0 saturated heterocycles. The van der Waals surface area contributed by atoms with Gasteiger partial charge in [-0.05, 0) is 24.6 Å². The number of hydrogen-bond donors (Lipinski definition) is 3. The lowest BCUT2D eigenvalue weighted by Crippen LogP contribution is -2.43. The molecule has 0 aliphatic carbocycles. The van der Waals surface area contributed by atoms with Gasteiger partial charge in [-0.15, -0.1) is 0 Å². The Morgan fingerprint density at radius 3 is 2.47 bits per heavy atom. The highest BCUT2D eigenvalue weighted by molar-refractivity contribution is 7.89. The van der Waals surface area contributed by atoms with Crippen LogP contribution in [0.25, 0.3) is 0 Å². The molecule has 1 aromatic carbocycles. The number of aliphatic hydroxyl groups excluding tert-OH is 1. The second-order valence-corrected chi connectivity index (χ2v) is 6.00. The Bertz CT molecular complexity index is 547. The molecule has 0 aliphatic heterocycles. The summed E-state index contributed by atoms with van der Waals surface area (Å²) in [4.78, 5) is 0.104. The van der Waals surface area contributed by atoms with E-state index in [0.29, 0.717) is 0 Å². The lowest BCUT2D eigenvalue weighted by atomic mass is 10.2. The van der Waals surface area contributed by atoms with Crippen LogP contribution in [0.2, 0.25) is 0 Å². The highest BCUT2D eigenvalue weighted by Crippen LogP contribution is 2.10. The average Bonchev–Trinajstić information content (AvgIpc) is 2.37. The van der Waals surface area contributed by atoms with Crippen molar-refractivity contribution in [3.63, 3.8) is 0 Å². The van der Waals surface area contributed by atoms with E-state index in [2.05, 4.69) is 4.72 Å². The van der Waals surface area contributed by atoms with Gasteiger partial charge >= 0.3 is 0 Å². The van der Waals surface area contributed by atoms with Gasteiger partial charge in [0.2, 0.25) is 10.0 Å². The van der Waals surface area contributed by atoms with E-state index < -0.39 is 22.2 Å². The van der Waals surface area contributed by atoms with Crippen LogP contribution in [0.15, 0.2) is 29.2 Å². The predicted octanol–water partition coefficient (Wildman–Crippen LogP) is -0.261. The second kappa shape index (κ2) is 6.63. The summed E-state index contributed by atoms with van der Waals surface area (Å²) in [5, 5.41) is 17.7. The van der Waals surface area contributed by atoms with Crippen molar-refractivity contribution < 1.29 is 13.5 Å². The van der Waals surface area contributed by atoms with Crippen LogP contribution in [0.1, 0.15) is 12.5 Å². The zero-order chi connectivity index (χ0) is 14.5. The van der Waals surface area contributed by atoms with Crippen molar-refractivity contribution in [3.05, 3.63) is 29.8 Å². The average molecular weight is 283 g/mol. The van der Waals surface area contributed by atoms with Crippen LogP contribution in [-0.2, 0) is 16.4 Å². The van der Waals surface area contributed by atoms with E-state index in [1.54, 1.807) is 12.1 Å². The van der Waals surface area contributed by atoms with Gasteiger partial charge in [-0.2, -0.15) is 5.26 Å². The van der Waals surface area contributed by atoms with Crippen molar-refractivity contribution in [2.75, 3.05) is 6.54 Å². The van der Waals surface area contributed by atoms with Crippen molar-refractivity contribution in [3.8, 4) is 6.07 Å². The minimum atomic E-state index is -3.64. The van der Waals surface area contributed by atoms with E-state index in [-0.39, 0.29) is 17.9 Å². The second-order valence-electron chi connectivity index (χ2n) is 4.24. The number of sulfonamides is 1. The summed E-state index contributed by atoms with van der Waals surface area (Å²) in [6.45, 7) is 1.45. The van der Waals surface area contributed by atoms with E-state index in [4.69, 9.17) is 11.0 Å². The summed E-state index contributed by atoms with van der Waals surface area (Å²) in [5.74, 6) is 0. The number of benzene rings is 1. The van der Waals surface area contributed by atoms with Gasteiger partial charge in [0.25, 0.3) is 0 Å². The van der Waals surface area contributed by atoms with Crippen molar-refractivity contribution in [2.45, 2.75) is 30.4 Å². The Kier molecular flexibility index (Phi) is 5.44. The van der Waals surface area contributed by atoms with Gasteiger partial charge in [0.05, 0.1) is 23.5 Å². The molecule has 104 valence electrons. The number of nitriles is 1. The summed E-state index contributed by atoms with van der Waals surface area (Å²) in [7, 11) is -3.64. The molecule has 7 heteroatoms. The molecule has 0 fully saturated rings. The van der Waals surface area contributed by atoms with Crippen LogP contribution in [0.4, 0.5) is 0 Å². The fourth-order valence-corrected chi connectivity index (χ4v) is 2.41. The van der Waals surface area contributed by atoms with Crippen molar-refractivity contribution in [2.24, 2.45) is 5.73 Å². The quantitative estimate of drug-likeness (QED) is 0.665. The van der Waals surface area contributed by atoms with Gasteiger partial charge in [0, 0.05) is 12.6 Å². The van der Waals surface area contributed by atoms with E-state index >= 15 is 0 Å². The first-order chi connectivity index (χ1) is 8.86. The zero-order valence-electron chi connectivity index (χ0n) is 10.6. The zero-order valence-corrected chi connectivity index (χ0v) is 11.4. The van der Waals surface area contributed by atoms with Crippen LogP contribution in [0.5, 0.6) is 0 Å². The number of aliphatic hydroxyl groups is 1. The topological polar surface area (TPSA) is 116 Å². The smallest absolute Gasteiger partial charge is 0.240 e. The normalized spacial score (nSPS) is 14.6. The maximum atomic E-state index is 11.9. The SMILES string of the molecule is CC(O)C(N)CNS(=O)(=O)c1ccc(CC#N)cc1. The molecule has 1 rings (SSSR count). The standard InChI is InChI=1S/C12H17N3O3S/c1-9(16)12(14)8-15-19(17,18)11-4-2-10(3-5-11)6-7-13/h2-5,9,12,15-16H,6,8,14H2,1H3. The first-order valence-electron chi connectivity index (χ1n) is 5.76. The molecule has 0 aliphatic rings. The highest BCUT2D eigenvalue weighted by atomic mass is 32.2. The third kappa shape index (κ3) is 4.61. The molecule has 0 heterocycles. The molecule has 1 aromatic rings. The van der Waals surface area contributed by atoms with E-state index in [1.165, 1.54) is 19.1 Å². The predicted molar refractivity (Wildman–Crippen MR) is 70.6 cm³/mol. The molecule has 4 N–H and O–H groups in total. The van der Waals surface area contributed by atoms with Crippen molar-refractivity contribution in [1.29, 1.82) is 5.26 Å². The van der Waals surface area contributed by atoms with Crippen LogP contribution in [-0.4, -0.2) is 32.2 Å². The number of rotatable bonds is 6. The summed E-state index contributed by atoms with van der Waals surface area (Å²) >= 11 is 0. The molecule has 19 heavy (non-hydrogen) atoms. The molecule has 0 radical (unpaired) electrons. The number of nitrogens with one attached hydrogen (secondary N) is 1. The minimum absolute atomic E-state index is 0.0417. The van der Waals surface area contributed by atoms with Gasteiger partial charge in [-0.25, -0.2) is 13.1 Å². The monoisotopic (exact) mass is 283 g/mol. The van der Waals surface area contributed by atoms with Gasteiger partial charge in [0.15, 0.2) is 0 Å². The Morgan fingerprint density at radius 1 is 1.42 bits per heavy atom. The van der Waals surface area contributed by atoms with Gasteiger partial charge < -0.3 is 10.8 Å². The molecule has 0 bridgehead atoms.